The number of likely N-dealkylation sites (N-methyl/N-ethyl adjacent to an activating group) is 1. The van der Waals surface area contributed by atoms with Gasteiger partial charge >= 0.3 is 0 Å². The van der Waals surface area contributed by atoms with Crippen molar-refractivity contribution < 1.29 is 4.74 Å². The van der Waals surface area contributed by atoms with Gasteiger partial charge in [0.1, 0.15) is 12.2 Å². The average Bonchev–Trinajstić information content (AvgIpc) is 2.76. The molecule has 1 aromatic heterocycles. The summed E-state index contributed by atoms with van der Waals surface area (Å²) in [5.74, 6) is 1.64. The molecule has 110 valence electrons. The van der Waals surface area contributed by atoms with Gasteiger partial charge in [0.05, 0.1) is 6.10 Å². The molecule has 0 fully saturated rings. The van der Waals surface area contributed by atoms with Crippen molar-refractivity contribution in [3.05, 3.63) is 12.2 Å². The lowest BCUT2D eigenvalue weighted by atomic mass is 10.1. The highest BCUT2D eigenvalue weighted by Gasteiger charge is 2.16. The van der Waals surface area contributed by atoms with Crippen LogP contribution in [0.1, 0.15) is 39.9 Å². The Morgan fingerprint density at radius 2 is 2.11 bits per heavy atom. The smallest absolute Gasteiger partial charge is 0.138 e. The molecule has 1 rings (SSSR count). The Balaban J connectivity index is 2.65. The number of nitrogens with one attached hydrogen (secondary N) is 1. The summed E-state index contributed by atoms with van der Waals surface area (Å²) in [6.07, 6.45) is 3.79. The standard InChI is InChI=1S/C14H28N4O/c1-6-15-13(7-12(4)19-5)8-14-16-10-17-18(14)9-11(2)3/h10-13,15H,6-9H2,1-5H3. The van der Waals surface area contributed by atoms with Crippen molar-refractivity contribution in [3.8, 4) is 0 Å². The minimum absolute atomic E-state index is 0.255. The Kier molecular flexibility index (Phi) is 7.02. The number of ether oxygens (including phenoxy) is 1. The van der Waals surface area contributed by atoms with E-state index in [1.807, 2.05) is 4.68 Å². The molecule has 0 saturated carbocycles. The Morgan fingerprint density at radius 1 is 1.37 bits per heavy atom. The van der Waals surface area contributed by atoms with Crippen LogP contribution in [0.15, 0.2) is 6.33 Å². The maximum Gasteiger partial charge on any atom is 0.138 e. The predicted octanol–water partition coefficient (Wildman–Crippen LogP) is 1.88. The van der Waals surface area contributed by atoms with Gasteiger partial charge in [0.25, 0.3) is 0 Å². The topological polar surface area (TPSA) is 52.0 Å². The zero-order valence-electron chi connectivity index (χ0n) is 12.9. The third-order valence-electron chi connectivity index (χ3n) is 3.17. The van der Waals surface area contributed by atoms with Gasteiger partial charge in [0.2, 0.25) is 0 Å². The minimum Gasteiger partial charge on any atom is -0.382 e. The van der Waals surface area contributed by atoms with E-state index in [4.69, 9.17) is 4.74 Å². The first-order valence-electron chi connectivity index (χ1n) is 7.19. The molecule has 0 saturated heterocycles. The highest BCUT2D eigenvalue weighted by molar-refractivity contribution is 4.90. The van der Waals surface area contributed by atoms with Gasteiger partial charge in [-0.05, 0) is 25.8 Å². The van der Waals surface area contributed by atoms with E-state index in [0.717, 1.165) is 31.8 Å². The summed E-state index contributed by atoms with van der Waals surface area (Å²) in [6, 6.07) is 0.384. The van der Waals surface area contributed by atoms with Crippen molar-refractivity contribution in [3.63, 3.8) is 0 Å². The number of hydrogen-bond acceptors (Lipinski definition) is 4. The average molecular weight is 268 g/mol. The van der Waals surface area contributed by atoms with Gasteiger partial charge in [-0.25, -0.2) is 9.67 Å². The molecule has 0 radical (unpaired) electrons. The van der Waals surface area contributed by atoms with Crippen LogP contribution < -0.4 is 5.32 Å². The SMILES string of the molecule is CCNC(Cc1ncnn1CC(C)C)CC(C)OC. The van der Waals surface area contributed by atoms with Crippen LogP contribution in [-0.4, -0.2) is 40.6 Å². The summed E-state index contributed by atoms with van der Waals surface area (Å²) < 4.78 is 7.38. The van der Waals surface area contributed by atoms with Crippen molar-refractivity contribution >= 4 is 0 Å². The molecule has 2 unspecified atom stereocenters. The maximum atomic E-state index is 5.36. The van der Waals surface area contributed by atoms with Crippen LogP contribution in [0.3, 0.4) is 0 Å². The predicted molar refractivity (Wildman–Crippen MR) is 77.1 cm³/mol. The first-order chi connectivity index (χ1) is 9.06. The molecule has 0 aromatic carbocycles. The molecule has 0 aliphatic carbocycles. The van der Waals surface area contributed by atoms with Gasteiger partial charge in [-0.2, -0.15) is 5.10 Å². The van der Waals surface area contributed by atoms with Crippen molar-refractivity contribution in [2.24, 2.45) is 5.92 Å². The fourth-order valence-corrected chi connectivity index (χ4v) is 2.19. The van der Waals surface area contributed by atoms with E-state index in [2.05, 4.69) is 43.1 Å². The van der Waals surface area contributed by atoms with Gasteiger partial charge < -0.3 is 10.1 Å². The van der Waals surface area contributed by atoms with Gasteiger partial charge in [0.15, 0.2) is 0 Å². The van der Waals surface area contributed by atoms with E-state index in [1.165, 1.54) is 0 Å². The molecule has 5 nitrogen and oxygen atoms in total. The number of nitrogens with zero attached hydrogens (tertiary/aromatic N) is 3. The quantitative estimate of drug-likeness (QED) is 0.743. The van der Waals surface area contributed by atoms with Crippen LogP contribution in [0.25, 0.3) is 0 Å². The summed E-state index contributed by atoms with van der Waals surface area (Å²) in [7, 11) is 1.76. The van der Waals surface area contributed by atoms with Gasteiger partial charge in [-0.3, -0.25) is 0 Å². The molecule has 0 bridgehead atoms. The first-order valence-corrected chi connectivity index (χ1v) is 7.19. The molecule has 0 amide bonds. The number of methoxy groups -OCH3 is 1. The lowest BCUT2D eigenvalue weighted by Gasteiger charge is -2.21. The highest BCUT2D eigenvalue weighted by atomic mass is 16.5. The summed E-state index contributed by atoms with van der Waals surface area (Å²) >= 11 is 0. The molecule has 19 heavy (non-hydrogen) atoms. The summed E-state index contributed by atoms with van der Waals surface area (Å²) in [5.41, 5.74) is 0. The lowest BCUT2D eigenvalue weighted by Crippen LogP contribution is -2.35. The molecule has 1 N–H and O–H groups in total. The largest absolute Gasteiger partial charge is 0.382 e. The number of aromatic nitrogens is 3. The Morgan fingerprint density at radius 3 is 2.68 bits per heavy atom. The van der Waals surface area contributed by atoms with Crippen LogP contribution in [0, 0.1) is 5.92 Å². The maximum absolute atomic E-state index is 5.36. The van der Waals surface area contributed by atoms with Crippen molar-refractivity contribution in [2.45, 2.75) is 59.2 Å². The van der Waals surface area contributed by atoms with Crippen LogP contribution in [0.5, 0.6) is 0 Å². The third kappa shape index (κ3) is 5.70. The monoisotopic (exact) mass is 268 g/mol. The van der Waals surface area contributed by atoms with E-state index in [-0.39, 0.29) is 6.10 Å². The number of hydrogen-bond donors (Lipinski definition) is 1. The summed E-state index contributed by atoms with van der Waals surface area (Å²) in [4.78, 5) is 4.40. The Bertz CT molecular complexity index is 351. The van der Waals surface area contributed by atoms with Gasteiger partial charge in [-0.1, -0.05) is 20.8 Å². The Labute approximate surface area is 116 Å². The molecule has 0 aliphatic rings. The summed E-state index contributed by atoms with van der Waals surface area (Å²) in [5, 5.41) is 7.82. The van der Waals surface area contributed by atoms with Crippen LogP contribution in [0.2, 0.25) is 0 Å². The van der Waals surface area contributed by atoms with E-state index >= 15 is 0 Å². The van der Waals surface area contributed by atoms with E-state index in [9.17, 15) is 0 Å². The van der Waals surface area contributed by atoms with Crippen molar-refractivity contribution in [1.82, 2.24) is 20.1 Å². The number of rotatable bonds is 9. The van der Waals surface area contributed by atoms with E-state index < -0.39 is 0 Å². The van der Waals surface area contributed by atoms with E-state index in [1.54, 1.807) is 13.4 Å². The van der Waals surface area contributed by atoms with Crippen molar-refractivity contribution in [2.75, 3.05) is 13.7 Å². The van der Waals surface area contributed by atoms with Crippen LogP contribution in [0.4, 0.5) is 0 Å². The van der Waals surface area contributed by atoms with Crippen molar-refractivity contribution in [1.29, 1.82) is 0 Å². The van der Waals surface area contributed by atoms with Gasteiger partial charge in [-0.15, -0.1) is 0 Å². The molecule has 2 atom stereocenters. The van der Waals surface area contributed by atoms with Gasteiger partial charge in [0, 0.05) is 26.1 Å². The van der Waals surface area contributed by atoms with Crippen LogP contribution in [-0.2, 0) is 17.7 Å². The zero-order valence-corrected chi connectivity index (χ0v) is 12.9. The zero-order chi connectivity index (χ0) is 14.3. The molecular formula is C14H28N4O. The fraction of sp³-hybridized carbons (Fsp3) is 0.857. The normalized spacial score (nSPS) is 14.8. The molecule has 1 heterocycles. The highest BCUT2D eigenvalue weighted by Crippen LogP contribution is 2.09. The summed E-state index contributed by atoms with van der Waals surface area (Å²) in [6.45, 7) is 10.5. The Hall–Kier alpha value is -0.940. The molecule has 5 heteroatoms. The van der Waals surface area contributed by atoms with E-state index in [0.29, 0.717) is 12.0 Å². The molecular weight excluding hydrogens is 240 g/mol. The molecule has 0 aliphatic heterocycles. The van der Waals surface area contributed by atoms with Crippen LogP contribution >= 0.6 is 0 Å². The fourth-order valence-electron chi connectivity index (χ4n) is 2.19. The second-order valence-electron chi connectivity index (χ2n) is 5.49. The third-order valence-corrected chi connectivity index (χ3v) is 3.17. The molecule has 1 aromatic rings. The minimum atomic E-state index is 0.255. The second-order valence-corrected chi connectivity index (χ2v) is 5.49. The first kappa shape index (κ1) is 16.1. The second kappa shape index (κ2) is 8.27. The molecule has 0 spiro atoms. The lowest BCUT2D eigenvalue weighted by molar-refractivity contribution is 0.100.